The molecule has 1 aromatic carbocycles. The molecule has 1 N–H and O–H groups in total. The predicted molar refractivity (Wildman–Crippen MR) is 82.2 cm³/mol. The number of nitrogens with zero attached hydrogens (tertiary/aromatic N) is 3. The Morgan fingerprint density at radius 2 is 2.05 bits per heavy atom. The predicted octanol–water partition coefficient (Wildman–Crippen LogP) is 2.54. The van der Waals surface area contributed by atoms with Crippen LogP contribution in [0.15, 0.2) is 18.2 Å². The van der Waals surface area contributed by atoms with E-state index in [4.69, 9.17) is 0 Å². The lowest BCUT2D eigenvalue weighted by molar-refractivity contribution is 0.377. The molecule has 2 heterocycles. The summed E-state index contributed by atoms with van der Waals surface area (Å²) < 4.78 is 2.34. The van der Waals surface area contributed by atoms with Crippen LogP contribution >= 0.6 is 0 Å². The van der Waals surface area contributed by atoms with Gasteiger partial charge in [0.15, 0.2) is 5.82 Å². The van der Waals surface area contributed by atoms with E-state index in [1.165, 1.54) is 29.5 Å². The van der Waals surface area contributed by atoms with Gasteiger partial charge in [-0.1, -0.05) is 18.2 Å². The van der Waals surface area contributed by atoms with Gasteiger partial charge in [0.2, 0.25) is 0 Å². The second kappa shape index (κ2) is 4.95. The third kappa shape index (κ3) is 2.38. The summed E-state index contributed by atoms with van der Waals surface area (Å²) in [5.74, 6) is 3.05. The molecule has 1 atom stereocenters. The average molecular weight is 282 g/mol. The Bertz CT molecular complexity index is 669. The minimum absolute atomic E-state index is 0.430. The summed E-state index contributed by atoms with van der Waals surface area (Å²) in [7, 11) is 0. The van der Waals surface area contributed by atoms with Crippen molar-refractivity contribution in [3.05, 3.63) is 46.5 Å². The lowest BCUT2D eigenvalue weighted by Crippen LogP contribution is -2.35. The van der Waals surface area contributed by atoms with E-state index in [-0.39, 0.29) is 0 Å². The van der Waals surface area contributed by atoms with E-state index in [2.05, 4.69) is 52.1 Å². The van der Waals surface area contributed by atoms with Crippen molar-refractivity contribution in [2.24, 2.45) is 5.92 Å². The molecule has 4 rings (SSSR count). The molecular formula is C17H22N4. The van der Waals surface area contributed by atoms with Gasteiger partial charge in [0.05, 0.1) is 6.04 Å². The second-order valence-electron chi connectivity index (χ2n) is 6.49. The van der Waals surface area contributed by atoms with E-state index < -0.39 is 0 Å². The van der Waals surface area contributed by atoms with E-state index >= 15 is 0 Å². The smallest absolute Gasteiger partial charge is 0.150 e. The zero-order chi connectivity index (χ0) is 14.4. The highest BCUT2D eigenvalue weighted by atomic mass is 15.3. The van der Waals surface area contributed by atoms with Crippen molar-refractivity contribution in [1.29, 1.82) is 0 Å². The fourth-order valence-corrected chi connectivity index (χ4v) is 3.28. The summed E-state index contributed by atoms with van der Waals surface area (Å²) in [5.41, 5.74) is 4.03. The Morgan fingerprint density at radius 1 is 1.19 bits per heavy atom. The van der Waals surface area contributed by atoms with Gasteiger partial charge in [0.25, 0.3) is 0 Å². The first kappa shape index (κ1) is 13.0. The Morgan fingerprint density at radius 3 is 2.81 bits per heavy atom. The molecule has 2 aliphatic rings. The molecule has 1 unspecified atom stereocenters. The molecule has 0 spiro atoms. The Hall–Kier alpha value is -1.68. The summed E-state index contributed by atoms with van der Waals surface area (Å²) >= 11 is 0. The fourth-order valence-electron chi connectivity index (χ4n) is 3.28. The molecule has 110 valence electrons. The molecule has 1 fully saturated rings. The summed E-state index contributed by atoms with van der Waals surface area (Å²) in [6, 6.07) is 7.12. The van der Waals surface area contributed by atoms with Gasteiger partial charge in [0.1, 0.15) is 5.82 Å². The maximum Gasteiger partial charge on any atom is 0.150 e. The minimum atomic E-state index is 0.430. The maximum absolute atomic E-state index is 4.49. The van der Waals surface area contributed by atoms with Crippen LogP contribution in [-0.2, 0) is 13.0 Å². The molecule has 2 aromatic rings. The van der Waals surface area contributed by atoms with Gasteiger partial charge in [0, 0.05) is 19.5 Å². The van der Waals surface area contributed by atoms with Crippen LogP contribution in [0.25, 0.3) is 0 Å². The molecular weight excluding hydrogens is 260 g/mol. The van der Waals surface area contributed by atoms with Gasteiger partial charge < -0.3 is 9.88 Å². The molecule has 0 bridgehead atoms. The van der Waals surface area contributed by atoms with E-state index in [0.29, 0.717) is 6.04 Å². The third-order valence-electron chi connectivity index (χ3n) is 4.86. The normalized spacial score (nSPS) is 21.3. The van der Waals surface area contributed by atoms with Crippen molar-refractivity contribution in [1.82, 2.24) is 20.1 Å². The van der Waals surface area contributed by atoms with Gasteiger partial charge in [-0.05, 0) is 49.3 Å². The van der Waals surface area contributed by atoms with Gasteiger partial charge in [-0.25, -0.2) is 0 Å². The zero-order valence-electron chi connectivity index (χ0n) is 12.8. The Labute approximate surface area is 125 Å². The molecule has 0 radical (unpaired) electrons. The van der Waals surface area contributed by atoms with Crippen molar-refractivity contribution >= 4 is 0 Å². The van der Waals surface area contributed by atoms with E-state index in [0.717, 1.165) is 37.1 Å². The van der Waals surface area contributed by atoms with Crippen LogP contribution in [0.2, 0.25) is 0 Å². The van der Waals surface area contributed by atoms with E-state index in [1.54, 1.807) is 0 Å². The highest BCUT2D eigenvalue weighted by molar-refractivity contribution is 5.31. The van der Waals surface area contributed by atoms with Crippen molar-refractivity contribution < 1.29 is 0 Å². The topological polar surface area (TPSA) is 42.7 Å². The first-order valence-electron chi connectivity index (χ1n) is 7.94. The lowest BCUT2D eigenvalue weighted by atomic mass is 10.0. The number of aryl methyl sites for hydroxylation is 2. The van der Waals surface area contributed by atoms with Gasteiger partial charge in [-0.15, -0.1) is 10.2 Å². The number of hydrogen-bond acceptors (Lipinski definition) is 3. The number of aromatic nitrogens is 3. The van der Waals surface area contributed by atoms with Crippen LogP contribution in [0.1, 0.15) is 47.2 Å². The lowest BCUT2D eigenvalue weighted by Gasteiger charge is -2.25. The van der Waals surface area contributed by atoms with Crippen LogP contribution < -0.4 is 5.32 Å². The summed E-state index contributed by atoms with van der Waals surface area (Å²) in [6.07, 6.45) is 3.54. The van der Waals surface area contributed by atoms with Gasteiger partial charge in [-0.2, -0.15) is 0 Å². The van der Waals surface area contributed by atoms with Crippen LogP contribution in [0.4, 0.5) is 0 Å². The quantitative estimate of drug-likeness (QED) is 0.940. The number of hydrogen-bond donors (Lipinski definition) is 1. The van der Waals surface area contributed by atoms with Crippen molar-refractivity contribution in [3.63, 3.8) is 0 Å². The molecule has 21 heavy (non-hydrogen) atoms. The molecule has 1 aliphatic heterocycles. The number of benzene rings is 1. The SMILES string of the molecule is Cc1ccc(Cc2nnc3n2CCNC3C2CC2)cc1C. The summed E-state index contributed by atoms with van der Waals surface area (Å²) in [6.45, 7) is 6.35. The third-order valence-corrected chi connectivity index (χ3v) is 4.86. The number of nitrogens with one attached hydrogen (secondary N) is 1. The standard InChI is InChI=1S/C17H22N4/c1-11-3-4-13(9-12(11)2)10-15-19-20-17-16(14-5-6-14)18-7-8-21(15)17/h3-4,9,14,16,18H,5-8,10H2,1-2H3. The minimum Gasteiger partial charge on any atom is -0.312 e. The molecule has 0 amide bonds. The Balaban J connectivity index is 1.62. The van der Waals surface area contributed by atoms with E-state index in [1.807, 2.05) is 0 Å². The molecule has 1 aromatic heterocycles. The van der Waals surface area contributed by atoms with Gasteiger partial charge >= 0.3 is 0 Å². The maximum atomic E-state index is 4.49. The zero-order valence-corrected chi connectivity index (χ0v) is 12.8. The Kier molecular flexibility index (Phi) is 3.07. The largest absolute Gasteiger partial charge is 0.312 e. The second-order valence-corrected chi connectivity index (χ2v) is 6.49. The van der Waals surface area contributed by atoms with Crippen LogP contribution in [0.5, 0.6) is 0 Å². The van der Waals surface area contributed by atoms with Crippen molar-refractivity contribution in [3.8, 4) is 0 Å². The fraction of sp³-hybridized carbons (Fsp3) is 0.529. The molecule has 4 heteroatoms. The molecule has 1 aliphatic carbocycles. The van der Waals surface area contributed by atoms with E-state index in [9.17, 15) is 0 Å². The summed E-state index contributed by atoms with van der Waals surface area (Å²) in [4.78, 5) is 0. The van der Waals surface area contributed by atoms with Crippen molar-refractivity contribution in [2.75, 3.05) is 6.54 Å². The monoisotopic (exact) mass is 282 g/mol. The van der Waals surface area contributed by atoms with Crippen LogP contribution in [-0.4, -0.2) is 21.3 Å². The number of rotatable bonds is 3. The first-order chi connectivity index (χ1) is 10.2. The van der Waals surface area contributed by atoms with Gasteiger partial charge in [-0.3, -0.25) is 0 Å². The number of fused-ring (bicyclic) bond motifs is 1. The highest BCUT2D eigenvalue weighted by Gasteiger charge is 2.37. The van der Waals surface area contributed by atoms with Crippen molar-refractivity contribution in [2.45, 2.75) is 45.7 Å². The molecule has 4 nitrogen and oxygen atoms in total. The molecule has 1 saturated carbocycles. The summed E-state index contributed by atoms with van der Waals surface area (Å²) in [5, 5.41) is 12.6. The first-order valence-corrected chi connectivity index (χ1v) is 7.94. The van der Waals surface area contributed by atoms with Crippen LogP contribution in [0.3, 0.4) is 0 Å². The van der Waals surface area contributed by atoms with Crippen LogP contribution in [0, 0.1) is 19.8 Å². The molecule has 0 saturated heterocycles. The highest BCUT2D eigenvalue weighted by Crippen LogP contribution is 2.41. The average Bonchev–Trinajstić information content (AvgIpc) is 3.25.